The fourth-order valence-electron chi connectivity index (χ4n) is 1.76. The lowest BCUT2D eigenvalue weighted by atomic mass is 9.85. The summed E-state index contributed by atoms with van der Waals surface area (Å²) in [6.45, 7) is 8.50. The molecule has 1 rings (SSSR count). The van der Waals surface area contributed by atoms with E-state index >= 15 is 0 Å². The summed E-state index contributed by atoms with van der Waals surface area (Å²) in [6.07, 6.45) is 11.9. The second kappa shape index (κ2) is 8.07. The first-order valence-corrected chi connectivity index (χ1v) is 7.12. The van der Waals surface area contributed by atoms with E-state index in [1.54, 1.807) is 6.08 Å². The molecule has 0 aliphatic carbocycles. The van der Waals surface area contributed by atoms with Crippen molar-refractivity contribution in [3.63, 3.8) is 0 Å². The van der Waals surface area contributed by atoms with Crippen LogP contribution < -0.4 is 0 Å². The van der Waals surface area contributed by atoms with Gasteiger partial charge in [0.2, 0.25) is 0 Å². The lowest BCUT2D eigenvalue weighted by molar-refractivity contribution is 0.517. The minimum Gasteiger partial charge on any atom is -0.193 e. The second-order valence-corrected chi connectivity index (χ2v) is 5.99. The topological polar surface area (TPSA) is 23.8 Å². The first kappa shape index (κ1) is 16.7. The Labute approximate surface area is 128 Å². The van der Waals surface area contributed by atoms with Gasteiger partial charge in [-0.3, -0.25) is 0 Å². The van der Waals surface area contributed by atoms with E-state index in [4.69, 9.17) is 5.26 Å². The molecule has 0 fully saturated rings. The van der Waals surface area contributed by atoms with Gasteiger partial charge in [0.25, 0.3) is 0 Å². The van der Waals surface area contributed by atoms with Crippen LogP contribution in [0.1, 0.15) is 33.3 Å². The van der Waals surface area contributed by atoms with Gasteiger partial charge in [0.05, 0.1) is 6.07 Å². The van der Waals surface area contributed by atoms with E-state index in [9.17, 15) is 0 Å². The average molecular weight is 277 g/mol. The van der Waals surface area contributed by atoms with Gasteiger partial charge in [-0.05, 0) is 29.0 Å². The minimum absolute atomic E-state index is 0.0719. The second-order valence-electron chi connectivity index (χ2n) is 5.99. The van der Waals surface area contributed by atoms with E-state index in [1.165, 1.54) is 11.1 Å². The minimum atomic E-state index is 0.0719. The Hall–Kier alpha value is -2.33. The monoisotopic (exact) mass is 277 g/mol. The molecule has 0 aromatic heterocycles. The highest BCUT2D eigenvalue weighted by Crippen LogP contribution is 2.27. The first-order valence-electron chi connectivity index (χ1n) is 7.12. The van der Waals surface area contributed by atoms with Crippen LogP contribution in [0.3, 0.4) is 0 Å². The molecular formula is C20H23N. The fourth-order valence-corrected chi connectivity index (χ4v) is 1.76. The molecule has 0 atom stereocenters. The molecule has 0 bridgehead atoms. The summed E-state index contributed by atoms with van der Waals surface area (Å²) in [7, 11) is 0. The van der Waals surface area contributed by atoms with Crippen LogP contribution in [-0.2, 0) is 0 Å². The van der Waals surface area contributed by atoms with Crippen molar-refractivity contribution in [1.82, 2.24) is 0 Å². The van der Waals surface area contributed by atoms with E-state index in [0.29, 0.717) is 0 Å². The summed E-state index contributed by atoms with van der Waals surface area (Å²) in [5, 5.41) is 8.60. The molecule has 1 nitrogen and oxygen atoms in total. The molecule has 0 unspecified atom stereocenters. The van der Waals surface area contributed by atoms with Crippen molar-refractivity contribution in [2.24, 2.45) is 5.41 Å². The third-order valence-corrected chi connectivity index (χ3v) is 3.05. The van der Waals surface area contributed by atoms with Crippen LogP contribution in [-0.4, -0.2) is 0 Å². The lowest BCUT2D eigenvalue weighted by Gasteiger charge is -2.20. The highest BCUT2D eigenvalue weighted by atomic mass is 14.2. The van der Waals surface area contributed by atoms with E-state index in [1.807, 2.05) is 43.3 Å². The van der Waals surface area contributed by atoms with Crippen LogP contribution in [0.4, 0.5) is 0 Å². The standard InChI is InChI=1S/C20H23N/c1-17(15-16-21)9-8-12-19(20(2,3)4)14-13-18-10-6-5-7-11-18/h5-15H,1-4H3/b9-8+,14-13+,17-15+,19-12-. The number of nitrogens with zero attached hydrogens (tertiary/aromatic N) is 1. The van der Waals surface area contributed by atoms with Crippen LogP contribution in [0.5, 0.6) is 0 Å². The summed E-state index contributed by atoms with van der Waals surface area (Å²) >= 11 is 0. The SMILES string of the molecule is CC(/C=C/C=C(/C=C/c1ccccc1)C(C)(C)C)=C\C#N. The van der Waals surface area contributed by atoms with Crippen molar-refractivity contribution in [3.05, 3.63) is 77.4 Å². The fraction of sp³-hybridized carbons (Fsp3) is 0.250. The predicted octanol–water partition coefficient (Wildman–Crippen LogP) is 5.70. The molecule has 0 aliphatic heterocycles. The third-order valence-electron chi connectivity index (χ3n) is 3.05. The van der Waals surface area contributed by atoms with Gasteiger partial charge >= 0.3 is 0 Å². The van der Waals surface area contributed by atoms with Gasteiger partial charge in [-0.1, -0.05) is 81.5 Å². The van der Waals surface area contributed by atoms with E-state index in [2.05, 4.69) is 51.1 Å². The Morgan fingerprint density at radius 2 is 1.76 bits per heavy atom. The number of hydrogen-bond acceptors (Lipinski definition) is 1. The van der Waals surface area contributed by atoms with Gasteiger partial charge in [0.15, 0.2) is 0 Å². The Morgan fingerprint density at radius 3 is 2.33 bits per heavy atom. The lowest BCUT2D eigenvalue weighted by Crippen LogP contribution is -2.07. The van der Waals surface area contributed by atoms with Crippen molar-refractivity contribution in [3.8, 4) is 6.07 Å². The molecule has 1 aromatic carbocycles. The van der Waals surface area contributed by atoms with Crippen LogP contribution in [0.2, 0.25) is 0 Å². The van der Waals surface area contributed by atoms with Crippen molar-refractivity contribution in [2.75, 3.05) is 0 Å². The zero-order valence-electron chi connectivity index (χ0n) is 13.3. The average Bonchev–Trinajstić information content (AvgIpc) is 2.42. The summed E-state index contributed by atoms with van der Waals surface area (Å²) in [6, 6.07) is 12.3. The van der Waals surface area contributed by atoms with Crippen LogP contribution >= 0.6 is 0 Å². The molecule has 0 heterocycles. The highest BCUT2D eigenvalue weighted by Gasteiger charge is 2.13. The Morgan fingerprint density at radius 1 is 1.10 bits per heavy atom. The van der Waals surface area contributed by atoms with E-state index in [-0.39, 0.29) is 5.41 Å². The van der Waals surface area contributed by atoms with E-state index in [0.717, 1.165) is 5.57 Å². The number of allylic oxidation sites excluding steroid dienone is 7. The van der Waals surface area contributed by atoms with Crippen molar-refractivity contribution in [1.29, 1.82) is 5.26 Å². The van der Waals surface area contributed by atoms with Gasteiger partial charge in [-0.15, -0.1) is 0 Å². The molecule has 1 aromatic rings. The number of rotatable bonds is 4. The number of hydrogen-bond donors (Lipinski definition) is 0. The van der Waals surface area contributed by atoms with Gasteiger partial charge in [0, 0.05) is 6.08 Å². The number of nitriles is 1. The highest BCUT2D eigenvalue weighted by molar-refractivity contribution is 5.54. The van der Waals surface area contributed by atoms with Crippen LogP contribution in [0, 0.1) is 16.7 Å². The maximum Gasteiger partial charge on any atom is 0.0914 e. The molecular weight excluding hydrogens is 254 g/mol. The largest absolute Gasteiger partial charge is 0.193 e. The molecule has 0 N–H and O–H groups in total. The maximum atomic E-state index is 8.60. The molecule has 0 saturated heterocycles. The number of benzene rings is 1. The summed E-state index contributed by atoms with van der Waals surface area (Å²) in [5.74, 6) is 0. The molecule has 0 aliphatic rings. The molecule has 21 heavy (non-hydrogen) atoms. The van der Waals surface area contributed by atoms with Gasteiger partial charge in [0.1, 0.15) is 0 Å². The predicted molar refractivity (Wildman–Crippen MR) is 91.5 cm³/mol. The van der Waals surface area contributed by atoms with Gasteiger partial charge in [-0.25, -0.2) is 0 Å². The van der Waals surface area contributed by atoms with Crippen molar-refractivity contribution >= 4 is 6.08 Å². The molecule has 0 radical (unpaired) electrons. The van der Waals surface area contributed by atoms with Crippen LogP contribution in [0.15, 0.2) is 71.9 Å². The molecule has 0 spiro atoms. The summed E-state index contributed by atoms with van der Waals surface area (Å²) in [5.41, 5.74) is 3.46. The summed E-state index contributed by atoms with van der Waals surface area (Å²) < 4.78 is 0. The zero-order chi connectivity index (χ0) is 15.7. The molecule has 1 heteroatoms. The van der Waals surface area contributed by atoms with Crippen molar-refractivity contribution < 1.29 is 0 Å². The molecule has 0 amide bonds. The Kier molecular flexibility index (Phi) is 6.43. The van der Waals surface area contributed by atoms with Gasteiger partial charge in [-0.2, -0.15) is 5.26 Å². The first-order chi connectivity index (χ1) is 9.93. The van der Waals surface area contributed by atoms with E-state index < -0.39 is 0 Å². The van der Waals surface area contributed by atoms with Crippen molar-refractivity contribution in [2.45, 2.75) is 27.7 Å². The summed E-state index contributed by atoms with van der Waals surface area (Å²) in [4.78, 5) is 0. The van der Waals surface area contributed by atoms with Gasteiger partial charge < -0.3 is 0 Å². The smallest absolute Gasteiger partial charge is 0.0914 e. The van der Waals surface area contributed by atoms with Crippen LogP contribution in [0.25, 0.3) is 6.08 Å². The Bertz CT molecular complexity index is 599. The molecule has 0 saturated carbocycles. The third kappa shape index (κ3) is 6.58. The Balaban J connectivity index is 2.95. The maximum absolute atomic E-state index is 8.60. The quantitative estimate of drug-likeness (QED) is 0.511. The molecule has 108 valence electrons. The normalized spacial score (nSPS) is 13.9. The zero-order valence-corrected chi connectivity index (χ0v) is 13.3.